The van der Waals surface area contributed by atoms with Crippen molar-refractivity contribution in [3.05, 3.63) is 88.0 Å². The lowest BCUT2D eigenvalue weighted by Crippen LogP contribution is -2.66. The predicted octanol–water partition coefficient (Wildman–Crippen LogP) is 8.02. The Morgan fingerprint density at radius 3 is 1.29 bits per heavy atom. The first-order valence-corrected chi connectivity index (χ1v) is 33.1. The summed E-state index contributed by atoms with van der Waals surface area (Å²) in [7, 11) is 1.73. The number of benzene rings is 3. The number of likely N-dealkylation sites (tertiary alicyclic amines) is 3. The van der Waals surface area contributed by atoms with Gasteiger partial charge in [-0.25, -0.2) is 0 Å². The van der Waals surface area contributed by atoms with E-state index in [1.165, 1.54) is 111 Å². The maximum atomic E-state index is 12.9. The minimum absolute atomic E-state index is 0.00311. The van der Waals surface area contributed by atoms with E-state index in [-0.39, 0.29) is 63.9 Å². The number of aromatic hydroxyl groups is 2. The summed E-state index contributed by atoms with van der Waals surface area (Å²) in [5.41, 5.74) is 6.88. The van der Waals surface area contributed by atoms with Gasteiger partial charge in [0, 0.05) is 66.0 Å². The third kappa shape index (κ3) is 8.78. The second kappa shape index (κ2) is 19.6. The van der Waals surface area contributed by atoms with E-state index in [2.05, 4.69) is 67.0 Å². The number of nitrogens with zero attached hydrogens (tertiary/aromatic N) is 3. The molecule has 3 aromatic rings. The highest BCUT2D eigenvalue weighted by molar-refractivity contribution is 6.11. The molecular formula is C70H88N6O8. The Bertz CT molecular complexity index is 3250. The van der Waals surface area contributed by atoms with Crippen LogP contribution in [0.3, 0.4) is 0 Å². The normalized spacial score (nSPS) is 39.5. The SMILES string of the molecule is COc1ccc2c(c1)[C@]13CCN(CC4CC4)[C@H](C2)[C@@H]1CC[C@@]1(C3)NC(=O)CC1=O.O=C1CC(=O)[C@@]2(CC[C@H]3[C@H]4Cc5ccc(O)cc5[C@@]3(CCN4CC3CC3)C2)N1.O=C1CC[C@@]2(CC[C@H]3[C@H]4Cc5ccc(O)cc5[C@@]3(CCN4CC3CC3)C2)N1. The zero-order valence-corrected chi connectivity index (χ0v) is 49.5. The van der Waals surface area contributed by atoms with E-state index in [0.717, 1.165) is 120 Å². The number of piperidine rings is 3. The molecule has 14 nitrogen and oxygen atoms in total. The van der Waals surface area contributed by atoms with Gasteiger partial charge in [-0.2, -0.15) is 0 Å². The van der Waals surface area contributed by atoms with Crippen molar-refractivity contribution in [2.45, 2.75) is 212 Å². The number of amides is 3. The van der Waals surface area contributed by atoms with Crippen molar-refractivity contribution in [2.75, 3.05) is 46.4 Å². The monoisotopic (exact) mass is 1140 g/mol. The smallest absolute Gasteiger partial charge is 0.228 e. The van der Waals surface area contributed by atoms with E-state index in [9.17, 15) is 34.2 Å². The number of carbonyl (C=O) groups excluding carboxylic acids is 5. The summed E-state index contributed by atoms with van der Waals surface area (Å²) in [4.78, 5) is 70.3. The van der Waals surface area contributed by atoms with Crippen LogP contribution in [0.5, 0.6) is 17.2 Å². The molecule has 9 aliphatic carbocycles. The Kier molecular flexibility index (Phi) is 12.6. The molecule has 6 heterocycles. The second-order valence-corrected chi connectivity index (χ2v) is 30.3. The number of phenolic OH excluding ortho intramolecular Hbond substituents is 2. The molecule has 3 aromatic carbocycles. The Morgan fingerprint density at radius 2 is 0.893 bits per heavy atom. The zero-order valence-electron chi connectivity index (χ0n) is 49.5. The molecule has 5 N–H and O–H groups in total. The number of Topliss-reactive ketones (excluding diaryl/α,β-unsaturated/α-hetero) is 2. The van der Waals surface area contributed by atoms with Gasteiger partial charge in [-0.15, -0.1) is 0 Å². The summed E-state index contributed by atoms with van der Waals surface area (Å²) in [5.74, 6) is 6.27. The van der Waals surface area contributed by atoms with Crippen LogP contribution in [0.1, 0.15) is 175 Å². The van der Waals surface area contributed by atoms with E-state index in [1.54, 1.807) is 13.2 Å². The third-order valence-corrected chi connectivity index (χ3v) is 25.7. The van der Waals surface area contributed by atoms with E-state index in [0.29, 0.717) is 60.2 Å². The van der Waals surface area contributed by atoms with Gasteiger partial charge in [0.2, 0.25) is 17.7 Å². The Morgan fingerprint density at radius 1 is 0.476 bits per heavy atom. The summed E-state index contributed by atoms with van der Waals surface area (Å²) < 4.78 is 5.58. The number of fused-ring (bicyclic) bond motifs is 3. The van der Waals surface area contributed by atoms with Crippen LogP contribution >= 0.6 is 0 Å². The number of ketones is 2. The fourth-order valence-electron chi connectivity index (χ4n) is 21.5. The van der Waals surface area contributed by atoms with Crippen LogP contribution in [0.4, 0.5) is 0 Å². The lowest BCUT2D eigenvalue weighted by Gasteiger charge is -2.62. The van der Waals surface area contributed by atoms with Crippen molar-refractivity contribution in [1.82, 2.24) is 30.7 Å². The number of carbonyl (C=O) groups is 5. The molecule has 446 valence electrons. The van der Waals surface area contributed by atoms with E-state index in [1.807, 2.05) is 12.1 Å². The van der Waals surface area contributed by atoms with Gasteiger partial charge < -0.3 is 30.9 Å². The summed E-state index contributed by atoms with van der Waals surface area (Å²) >= 11 is 0. The Balaban J connectivity index is 0.000000103. The van der Waals surface area contributed by atoms with Crippen LogP contribution in [0.15, 0.2) is 54.6 Å². The number of rotatable bonds is 7. The van der Waals surface area contributed by atoms with Crippen molar-refractivity contribution in [2.24, 2.45) is 35.5 Å². The molecule has 84 heavy (non-hydrogen) atoms. The summed E-state index contributed by atoms with van der Waals surface area (Å²) in [6.45, 7) is 7.08. The van der Waals surface area contributed by atoms with Crippen molar-refractivity contribution >= 4 is 29.3 Å². The minimum atomic E-state index is -0.684. The average molecular weight is 1140 g/mol. The molecule has 12 fully saturated rings. The molecule has 14 heteroatoms. The van der Waals surface area contributed by atoms with Crippen molar-refractivity contribution in [1.29, 1.82) is 0 Å². The number of hydrogen-bond donors (Lipinski definition) is 5. The molecular weight excluding hydrogens is 1050 g/mol. The van der Waals surface area contributed by atoms with E-state index < -0.39 is 11.1 Å². The van der Waals surface area contributed by atoms with Crippen LogP contribution in [-0.2, 0) is 59.5 Å². The molecule has 12 atom stereocenters. The van der Waals surface area contributed by atoms with Gasteiger partial charge in [-0.3, -0.25) is 38.7 Å². The first kappa shape index (κ1) is 54.1. The molecule has 0 aromatic heterocycles. The van der Waals surface area contributed by atoms with Crippen LogP contribution in [-0.4, -0.2) is 135 Å². The highest BCUT2D eigenvalue weighted by Gasteiger charge is 2.65. The predicted molar refractivity (Wildman–Crippen MR) is 317 cm³/mol. The van der Waals surface area contributed by atoms with E-state index in [4.69, 9.17) is 4.74 Å². The number of methoxy groups -OCH3 is 1. The van der Waals surface area contributed by atoms with Gasteiger partial charge in [0.05, 0.1) is 31.0 Å². The first-order valence-electron chi connectivity index (χ1n) is 33.1. The molecule has 15 aliphatic rings. The maximum Gasteiger partial charge on any atom is 0.228 e. The van der Waals surface area contributed by atoms with E-state index >= 15 is 0 Å². The molecule has 18 rings (SSSR count). The molecule has 6 saturated carbocycles. The van der Waals surface area contributed by atoms with Crippen LogP contribution in [0, 0.1) is 35.5 Å². The summed E-state index contributed by atoms with van der Waals surface area (Å²) in [5, 5.41) is 30.1. The van der Waals surface area contributed by atoms with Gasteiger partial charge in [-0.1, -0.05) is 18.2 Å². The zero-order chi connectivity index (χ0) is 57.1. The molecule has 3 amide bonds. The Labute approximate surface area is 495 Å². The minimum Gasteiger partial charge on any atom is -0.508 e. The lowest BCUT2D eigenvalue weighted by molar-refractivity contribution is -0.128. The maximum absolute atomic E-state index is 12.9. The Hall–Kier alpha value is -5.31. The molecule has 0 unspecified atom stereocenters. The summed E-state index contributed by atoms with van der Waals surface area (Å²) in [6, 6.07) is 20.2. The third-order valence-electron chi connectivity index (χ3n) is 25.7. The number of hydrogen-bond acceptors (Lipinski definition) is 11. The molecule has 6 saturated heterocycles. The summed E-state index contributed by atoms with van der Waals surface area (Å²) in [6.07, 6.45) is 25.1. The topological polar surface area (TPSA) is 181 Å². The van der Waals surface area contributed by atoms with Gasteiger partial charge in [0.1, 0.15) is 17.2 Å². The molecule has 6 aliphatic heterocycles. The van der Waals surface area contributed by atoms with Crippen LogP contribution < -0.4 is 20.7 Å². The highest BCUT2D eigenvalue weighted by atomic mass is 16.5. The van der Waals surface area contributed by atoms with Gasteiger partial charge >= 0.3 is 0 Å². The number of ether oxygens (including phenoxy) is 1. The second-order valence-electron chi connectivity index (χ2n) is 30.3. The van der Waals surface area contributed by atoms with Gasteiger partial charge in [0.25, 0.3) is 0 Å². The van der Waals surface area contributed by atoms with Crippen molar-refractivity contribution in [3.63, 3.8) is 0 Å². The molecule has 0 radical (unpaired) electrons. The standard InChI is InChI=1S/C24H30N2O3.C23H28N2O3.C23H30N2O2/c1-29-17-5-4-16-10-20-18-6-7-24(21(27)12-22(28)25-24)14-23(18,19(16)11-17)8-9-26(20)13-15-2-3-15;26-16-4-3-15-9-19-17-5-6-23(20(27)11-21(28)24-23)13-22(17,18(15)10-16)7-8-25(19)12-14-1-2-14;26-17-4-3-16-11-20-18-5-7-22(8-6-21(27)24-22)14-23(18,19(16)12-17)9-10-25(20)13-15-1-2-15/h4-5,11,15,18,20H,2-3,6-10,12-14H2,1H3,(H,25,28);3-4,10,14,17,19,26H,1-2,5-9,11-13H2,(H,24,28);3-4,12,15,18,20,26H,1-2,5-11,13-14H2,(H,24,27)/t18-,20+,23-,24-;17-,19+,22-,23-;18-,20+,22+,23-/m000/s1. The molecule has 3 spiro atoms. The number of nitrogens with one attached hydrogen (secondary N) is 3. The molecule has 6 bridgehead atoms. The first-order chi connectivity index (χ1) is 40.6. The van der Waals surface area contributed by atoms with Crippen LogP contribution in [0.25, 0.3) is 0 Å². The van der Waals surface area contributed by atoms with Crippen molar-refractivity contribution in [3.8, 4) is 17.2 Å². The fraction of sp³-hybridized carbons (Fsp3) is 0.671. The highest BCUT2D eigenvalue weighted by Crippen LogP contribution is 2.63. The average Bonchev–Trinajstić information content (AvgIpc) is 1.48. The largest absolute Gasteiger partial charge is 0.508 e. The lowest BCUT2D eigenvalue weighted by atomic mass is 9.49. The number of phenols is 2. The fourth-order valence-corrected chi connectivity index (χ4v) is 21.5. The van der Waals surface area contributed by atoms with Crippen molar-refractivity contribution < 1.29 is 38.9 Å². The quantitative estimate of drug-likeness (QED) is 0.145. The van der Waals surface area contributed by atoms with Gasteiger partial charge in [0.15, 0.2) is 11.6 Å². The van der Waals surface area contributed by atoms with Crippen LogP contribution in [0.2, 0.25) is 0 Å². The van der Waals surface area contributed by atoms with Gasteiger partial charge in [-0.05, 0) is 266 Å².